The van der Waals surface area contributed by atoms with Crippen molar-refractivity contribution in [1.29, 1.82) is 0 Å². The van der Waals surface area contributed by atoms with Gasteiger partial charge in [0.1, 0.15) is 4.70 Å². The molecule has 0 bridgehead atoms. The van der Waals surface area contributed by atoms with Gasteiger partial charge in [0.2, 0.25) is 5.95 Å². The molecule has 2 rings (SSSR count). The Labute approximate surface area is 81.5 Å². The summed E-state index contributed by atoms with van der Waals surface area (Å²) in [7, 11) is 0. The number of rotatable bonds is 1. The number of hydrazine groups is 1. The lowest BCUT2D eigenvalue weighted by atomic mass is 10.5. The molecule has 0 unspecified atom stereocenters. The van der Waals surface area contributed by atoms with Gasteiger partial charge in [0.25, 0.3) is 5.56 Å². The number of aromatic amines is 1. The zero-order valence-electron chi connectivity index (χ0n) is 6.30. The van der Waals surface area contributed by atoms with E-state index in [0.717, 1.165) is 0 Å². The summed E-state index contributed by atoms with van der Waals surface area (Å²) in [4.78, 5) is 17.8. The number of nitrogens with one attached hydrogen (secondary N) is 2. The third-order valence-electron chi connectivity index (χ3n) is 1.49. The van der Waals surface area contributed by atoms with Crippen LogP contribution < -0.4 is 16.8 Å². The number of hydrogen-bond acceptors (Lipinski definition) is 5. The van der Waals surface area contributed by atoms with Crippen LogP contribution in [-0.2, 0) is 0 Å². The average Bonchev–Trinajstić information content (AvgIpc) is 2.46. The summed E-state index contributed by atoms with van der Waals surface area (Å²) >= 11 is 6.91. The summed E-state index contributed by atoms with van der Waals surface area (Å²) in [6.07, 6.45) is 0. The maximum atomic E-state index is 11.3. The van der Waals surface area contributed by atoms with Crippen LogP contribution in [0.1, 0.15) is 0 Å². The standard InChI is InChI=1S/C6H5ClN4OS/c7-3-1-2-4(13-3)5(12)10-6(9-2)11-8/h1H,8H2,(H2,9,10,11,12). The van der Waals surface area contributed by atoms with E-state index >= 15 is 0 Å². The molecule has 0 saturated carbocycles. The number of nitrogens with two attached hydrogens (primary N) is 1. The number of halogens is 1. The minimum atomic E-state index is -0.241. The molecule has 0 atom stereocenters. The number of anilines is 1. The van der Waals surface area contributed by atoms with Crippen LogP contribution in [0.15, 0.2) is 10.9 Å². The quantitative estimate of drug-likeness (QED) is 0.489. The summed E-state index contributed by atoms with van der Waals surface area (Å²) in [6, 6.07) is 1.62. The number of thiophene rings is 1. The van der Waals surface area contributed by atoms with Crippen molar-refractivity contribution in [3.05, 3.63) is 20.8 Å². The number of aromatic nitrogens is 2. The van der Waals surface area contributed by atoms with Gasteiger partial charge in [-0.2, -0.15) is 0 Å². The molecule has 0 amide bonds. The summed E-state index contributed by atoms with van der Waals surface area (Å²) in [5, 5.41) is 0. The van der Waals surface area contributed by atoms with Crippen molar-refractivity contribution in [2.24, 2.45) is 5.84 Å². The van der Waals surface area contributed by atoms with Crippen molar-refractivity contribution in [3.8, 4) is 0 Å². The van der Waals surface area contributed by atoms with Gasteiger partial charge in [0.05, 0.1) is 9.85 Å². The smallest absolute Gasteiger partial charge is 0.270 e. The highest BCUT2D eigenvalue weighted by Gasteiger charge is 2.06. The van der Waals surface area contributed by atoms with Crippen molar-refractivity contribution >= 4 is 39.1 Å². The second kappa shape index (κ2) is 2.99. The Morgan fingerprint density at radius 2 is 2.46 bits per heavy atom. The first-order chi connectivity index (χ1) is 6.20. The highest BCUT2D eigenvalue weighted by Crippen LogP contribution is 2.25. The first-order valence-corrected chi connectivity index (χ1v) is 4.56. The van der Waals surface area contributed by atoms with Gasteiger partial charge in [0, 0.05) is 0 Å². The molecule has 2 aromatic rings. The number of nitrogen functional groups attached to an aromatic ring is 1. The Morgan fingerprint density at radius 1 is 1.69 bits per heavy atom. The molecule has 0 aromatic carbocycles. The van der Waals surface area contributed by atoms with E-state index in [2.05, 4.69) is 15.4 Å². The molecule has 68 valence electrons. The van der Waals surface area contributed by atoms with Crippen molar-refractivity contribution in [2.45, 2.75) is 0 Å². The normalized spacial score (nSPS) is 10.6. The number of fused-ring (bicyclic) bond motifs is 1. The monoisotopic (exact) mass is 216 g/mol. The van der Waals surface area contributed by atoms with Crippen LogP contribution in [0.2, 0.25) is 4.34 Å². The Morgan fingerprint density at radius 3 is 3.15 bits per heavy atom. The Bertz CT molecular complexity index is 505. The van der Waals surface area contributed by atoms with Crippen molar-refractivity contribution in [3.63, 3.8) is 0 Å². The average molecular weight is 217 g/mol. The SMILES string of the molecule is NNc1nc2cc(Cl)sc2c(=O)[nH]1. The molecule has 0 spiro atoms. The third-order valence-corrected chi connectivity index (χ3v) is 2.74. The fourth-order valence-corrected chi connectivity index (χ4v) is 2.03. The Hall–Kier alpha value is -1.11. The first kappa shape index (κ1) is 8.49. The van der Waals surface area contributed by atoms with Crippen LogP contribution in [0.5, 0.6) is 0 Å². The predicted molar refractivity (Wildman–Crippen MR) is 53.1 cm³/mol. The Balaban J connectivity index is 2.83. The molecular formula is C6H5ClN4OS. The van der Waals surface area contributed by atoms with Gasteiger partial charge in [-0.25, -0.2) is 10.8 Å². The van der Waals surface area contributed by atoms with E-state index in [9.17, 15) is 4.79 Å². The molecule has 0 aliphatic rings. The van der Waals surface area contributed by atoms with E-state index in [1.165, 1.54) is 11.3 Å². The lowest BCUT2D eigenvalue weighted by molar-refractivity contribution is 1.13. The molecule has 2 heterocycles. The molecule has 0 fully saturated rings. The van der Waals surface area contributed by atoms with E-state index in [-0.39, 0.29) is 11.5 Å². The Kier molecular flexibility index (Phi) is 1.95. The fraction of sp³-hybridized carbons (Fsp3) is 0. The van der Waals surface area contributed by atoms with Crippen molar-refractivity contribution < 1.29 is 0 Å². The molecular weight excluding hydrogens is 212 g/mol. The minimum absolute atomic E-state index is 0.229. The van der Waals surface area contributed by atoms with E-state index < -0.39 is 0 Å². The van der Waals surface area contributed by atoms with Crippen LogP contribution in [0.3, 0.4) is 0 Å². The molecule has 0 aliphatic carbocycles. The second-order valence-corrected chi connectivity index (χ2v) is 4.01. The van der Waals surface area contributed by atoms with Crippen LogP contribution >= 0.6 is 22.9 Å². The lowest BCUT2D eigenvalue weighted by Crippen LogP contribution is -2.15. The summed E-state index contributed by atoms with van der Waals surface area (Å²) in [6.45, 7) is 0. The van der Waals surface area contributed by atoms with Gasteiger partial charge in [0.15, 0.2) is 0 Å². The van der Waals surface area contributed by atoms with Crippen LogP contribution in [0, 0.1) is 0 Å². The molecule has 13 heavy (non-hydrogen) atoms. The van der Waals surface area contributed by atoms with Crippen LogP contribution in [0.25, 0.3) is 10.2 Å². The van der Waals surface area contributed by atoms with Gasteiger partial charge < -0.3 is 0 Å². The van der Waals surface area contributed by atoms with Gasteiger partial charge in [-0.1, -0.05) is 11.6 Å². The highest BCUT2D eigenvalue weighted by atomic mass is 35.5. The predicted octanol–water partition coefficient (Wildman–Crippen LogP) is 0.924. The maximum Gasteiger partial charge on any atom is 0.270 e. The van der Waals surface area contributed by atoms with Gasteiger partial charge in [-0.3, -0.25) is 15.2 Å². The zero-order chi connectivity index (χ0) is 9.42. The van der Waals surface area contributed by atoms with Crippen LogP contribution in [0.4, 0.5) is 5.95 Å². The molecule has 2 aromatic heterocycles. The minimum Gasteiger partial charge on any atom is -0.294 e. The number of hydrogen-bond donors (Lipinski definition) is 3. The topological polar surface area (TPSA) is 83.8 Å². The molecule has 7 heteroatoms. The summed E-state index contributed by atoms with van der Waals surface area (Å²) < 4.78 is 1.03. The molecule has 0 aliphatic heterocycles. The molecule has 0 radical (unpaired) electrons. The molecule has 0 saturated heterocycles. The van der Waals surface area contributed by atoms with Gasteiger partial charge >= 0.3 is 0 Å². The van der Waals surface area contributed by atoms with E-state index in [0.29, 0.717) is 14.6 Å². The van der Waals surface area contributed by atoms with Gasteiger partial charge in [-0.05, 0) is 6.07 Å². The number of nitrogens with zero attached hydrogens (tertiary/aromatic N) is 1. The van der Waals surface area contributed by atoms with E-state index in [4.69, 9.17) is 17.4 Å². The van der Waals surface area contributed by atoms with Crippen LogP contribution in [-0.4, -0.2) is 9.97 Å². The largest absolute Gasteiger partial charge is 0.294 e. The van der Waals surface area contributed by atoms with E-state index in [1.54, 1.807) is 6.07 Å². The maximum absolute atomic E-state index is 11.3. The summed E-state index contributed by atoms with van der Waals surface area (Å²) in [5.74, 6) is 5.33. The van der Waals surface area contributed by atoms with Crippen molar-refractivity contribution in [1.82, 2.24) is 9.97 Å². The second-order valence-electron chi connectivity index (χ2n) is 2.32. The number of H-pyrrole nitrogens is 1. The highest BCUT2D eigenvalue weighted by molar-refractivity contribution is 7.22. The lowest BCUT2D eigenvalue weighted by Gasteiger charge is -1.96. The van der Waals surface area contributed by atoms with E-state index in [1.807, 2.05) is 0 Å². The molecule has 4 N–H and O–H groups in total. The van der Waals surface area contributed by atoms with Crippen molar-refractivity contribution in [2.75, 3.05) is 5.43 Å². The van der Waals surface area contributed by atoms with Gasteiger partial charge in [-0.15, -0.1) is 11.3 Å². The fourth-order valence-electron chi connectivity index (χ4n) is 0.979. The first-order valence-electron chi connectivity index (χ1n) is 3.36. The zero-order valence-corrected chi connectivity index (χ0v) is 7.87. The molecule has 5 nitrogen and oxygen atoms in total. The third kappa shape index (κ3) is 1.39. The summed E-state index contributed by atoms with van der Waals surface area (Å²) in [5.41, 5.74) is 2.57.